The summed E-state index contributed by atoms with van der Waals surface area (Å²) in [4.78, 5) is 8.40. The molecule has 6 nitrogen and oxygen atoms in total. The molecule has 0 amide bonds. The summed E-state index contributed by atoms with van der Waals surface area (Å²) in [6.45, 7) is 3.88. The van der Waals surface area contributed by atoms with E-state index in [1.54, 1.807) is 0 Å². The van der Waals surface area contributed by atoms with E-state index in [1.807, 2.05) is 65.8 Å². The van der Waals surface area contributed by atoms with Gasteiger partial charge in [0.25, 0.3) is 0 Å². The van der Waals surface area contributed by atoms with Crippen molar-refractivity contribution in [1.82, 2.24) is 25.3 Å². The fourth-order valence-electron chi connectivity index (χ4n) is 3.72. The molecule has 1 aliphatic heterocycles. The smallest absolute Gasteiger partial charge is 0.191 e. The molecule has 3 aromatic rings. The molecule has 2 N–H and O–H groups in total. The maximum Gasteiger partial charge on any atom is 0.191 e. The molecule has 0 radical (unpaired) electrons. The first-order valence-electron chi connectivity index (χ1n) is 10.1. The van der Waals surface area contributed by atoms with Gasteiger partial charge in [-0.1, -0.05) is 24.3 Å². The third-order valence-electron chi connectivity index (χ3n) is 5.26. The van der Waals surface area contributed by atoms with Gasteiger partial charge in [-0.05, 0) is 49.5 Å². The Balaban J connectivity index is 1.33. The number of benzene rings is 1. The highest BCUT2D eigenvalue weighted by Crippen LogP contribution is 2.27. The largest absolute Gasteiger partial charge is 0.354 e. The van der Waals surface area contributed by atoms with E-state index in [9.17, 15) is 0 Å². The van der Waals surface area contributed by atoms with Crippen LogP contribution in [0.25, 0.3) is 5.69 Å². The molecule has 3 heterocycles. The number of guanidine groups is 1. The van der Waals surface area contributed by atoms with Crippen LogP contribution in [0.2, 0.25) is 0 Å². The van der Waals surface area contributed by atoms with Gasteiger partial charge in [0, 0.05) is 36.8 Å². The van der Waals surface area contributed by atoms with Gasteiger partial charge in [0.15, 0.2) is 5.96 Å². The number of nitrogens with zero attached hydrogens (tertiary/aromatic N) is 4. The molecule has 1 fully saturated rings. The van der Waals surface area contributed by atoms with Crippen molar-refractivity contribution in [2.45, 2.75) is 25.4 Å². The zero-order valence-corrected chi connectivity index (χ0v) is 17.6. The summed E-state index contributed by atoms with van der Waals surface area (Å²) in [5.41, 5.74) is 2.18. The normalized spacial score (nSPS) is 16.1. The van der Waals surface area contributed by atoms with Crippen molar-refractivity contribution in [2.75, 3.05) is 26.7 Å². The molecule has 1 atom stereocenters. The molecule has 1 aliphatic rings. The number of likely N-dealkylation sites (tertiary alicyclic amines) is 1. The third kappa shape index (κ3) is 5.05. The number of aromatic nitrogens is 2. The highest BCUT2D eigenvalue weighted by atomic mass is 32.1. The lowest BCUT2D eigenvalue weighted by atomic mass is 10.2. The number of nitrogens with one attached hydrogen (secondary N) is 2. The van der Waals surface area contributed by atoms with E-state index < -0.39 is 0 Å². The zero-order valence-electron chi connectivity index (χ0n) is 16.8. The van der Waals surface area contributed by atoms with Crippen molar-refractivity contribution >= 4 is 17.3 Å². The second-order valence-electron chi connectivity index (χ2n) is 7.21. The Bertz CT molecular complexity index is 897. The molecule has 152 valence electrons. The molecule has 1 aromatic carbocycles. The van der Waals surface area contributed by atoms with Gasteiger partial charge in [-0.3, -0.25) is 9.89 Å². The summed E-state index contributed by atoms with van der Waals surface area (Å²) >= 11 is 1.84. The first-order valence-corrected chi connectivity index (χ1v) is 11.0. The van der Waals surface area contributed by atoms with Gasteiger partial charge in [0.05, 0.1) is 17.9 Å². The molecular weight excluding hydrogens is 380 g/mol. The Labute approximate surface area is 176 Å². The Morgan fingerprint density at radius 1 is 1.14 bits per heavy atom. The van der Waals surface area contributed by atoms with E-state index in [2.05, 4.69) is 43.1 Å². The second-order valence-corrected chi connectivity index (χ2v) is 8.19. The van der Waals surface area contributed by atoms with Gasteiger partial charge in [0.1, 0.15) is 0 Å². The van der Waals surface area contributed by atoms with Crippen LogP contribution in [0.4, 0.5) is 0 Å². The first-order chi connectivity index (χ1) is 14.3. The number of thiophene rings is 1. The SMILES string of the molecule is CN=C(NCc1cnn(-c2ccccc2)c1)NCC(c1cccs1)N1CCCC1. The quantitative estimate of drug-likeness (QED) is 0.465. The predicted octanol–water partition coefficient (Wildman–Crippen LogP) is 3.44. The number of para-hydroxylation sites is 1. The van der Waals surface area contributed by atoms with Gasteiger partial charge in [-0.2, -0.15) is 5.10 Å². The van der Waals surface area contributed by atoms with Crippen LogP contribution in [0.5, 0.6) is 0 Å². The van der Waals surface area contributed by atoms with Crippen LogP contribution in [-0.2, 0) is 6.54 Å². The molecule has 29 heavy (non-hydrogen) atoms. The van der Waals surface area contributed by atoms with Crippen LogP contribution >= 0.6 is 11.3 Å². The van der Waals surface area contributed by atoms with Crippen molar-refractivity contribution in [3.63, 3.8) is 0 Å². The molecular formula is C22H28N6S. The standard InChI is InChI=1S/C22H28N6S/c1-23-22(24-14-18-15-26-28(17-18)19-8-3-2-4-9-19)25-16-20(21-10-7-13-29-21)27-11-5-6-12-27/h2-4,7-10,13,15,17,20H,5-6,11-12,14,16H2,1H3,(H2,23,24,25). The molecule has 0 aliphatic carbocycles. The van der Waals surface area contributed by atoms with E-state index >= 15 is 0 Å². The van der Waals surface area contributed by atoms with Gasteiger partial charge in [0.2, 0.25) is 0 Å². The topological polar surface area (TPSA) is 57.5 Å². The van der Waals surface area contributed by atoms with Crippen LogP contribution in [0.15, 0.2) is 65.2 Å². The lowest BCUT2D eigenvalue weighted by molar-refractivity contribution is 0.249. The van der Waals surface area contributed by atoms with Crippen molar-refractivity contribution in [2.24, 2.45) is 4.99 Å². The average molecular weight is 409 g/mol. The van der Waals surface area contributed by atoms with Gasteiger partial charge < -0.3 is 10.6 Å². The highest BCUT2D eigenvalue weighted by molar-refractivity contribution is 7.10. The van der Waals surface area contributed by atoms with Crippen molar-refractivity contribution in [3.05, 3.63) is 70.7 Å². The number of aliphatic imine (C=N–C) groups is 1. The molecule has 1 saturated heterocycles. The lowest BCUT2D eigenvalue weighted by Crippen LogP contribution is -2.42. The van der Waals surface area contributed by atoms with Crippen LogP contribution in [-0.4, -0.2) is 47.3 Å². The Kier molecular flexibility index (Phi) is 6.59. The summed E-state index contributed by atoms with van der Waals surface area (Å²) in [6.07, 6.45) is 6.53. The van der Waals surface area contributed by atoms with Crippen molar-refractivity contribution in [3.8, 4) is 5.69 Å². The monoisotopic (exact) mass is 408 g/mol. The highest BCUT2D eigenvalue weighted by Gasteiger charge is 2.24. The average Bonchev–Trinajstić information content (AvgIpc) is 3.54. The Hall–Kier alpha value is -2.64. The lowest BCUT2D eigenvalue weighted by Gasteiger charge is -2.27. The summed E-state index contributed by atoms with van der Waals surface area (Å²) in [7, 11) is 1.82. The van der Waals surface area contributed by atoms with E-state index in [1.165, 1.54) is 30.8 Å². The number of hydrogen-bond acceptors (Lipinski definition) is 4. The van der Waals surface area contributed by atoms with Crippen LogP contribution in [0, 0.1) is 0 Å². The maximum atomic E-state index is 4.46. The van der Waals surface area contributed by atoms with Crippen LogP contribution in [0.1, 0.15) is 29.3 Å². The summed E-state index contributed by atoms with van der Waals surface area (Å²) in [6, 6.07) is 14.9. The fourth-order valence-corrected chi connectivity index (χ4v) is 4.58. The second kappa shape index (κ2) is 9.71. The first kappa shape index (κ1) is 19.7. The molecule has 0 spiro atoms. The van der Waals surface area contributed by atoms with Crippen molar-refractivity contribution in [1.29, 1.82) is 0 Å². The van der Waals surface area contributed by atoms with Gasteiger partial charge >= 0.3 is 0 Å². The number of hydrogen-bond donors (Lipinski definition) is 2. The minimum atomic E-state index is 0.400. The molecule has 0 bridgehead atoms. The van der Waals surface area contributed by atoms with Crippen LogP contribution < -0.4 is 10.6 Å². The van der Waals surface area contributed by atoms with E-state index in [4.69, 9.17) is 0 Å². The van der Waals surface area contributed by atoms with Crippen molar-refractivity contribution < 1.29 is 0 Å². The maximum absolute atomic E-state index is 4.46. The third-order valence-corrected chi connectivity index (χ3v) is 6.23. The molecule has 1 unspecified atom stereocenters. The van der Waals surface area contributed by atoms with Crippen LogP contribution in [0.3, 0.4) is 0 Å². The molecule has 4 rings (SSSR count). The predicted molar refractivity (Wildman–Crippen MR) is 120 cm³/mol. The molecule has 7 heteroatoms. The number of rotatable bonds is 7. The molecule has 2 aromatic heterocycles. The summed E-state index contributed by atoms with van der Waals surface area (Å²) in [5, 5.41) is 13.6. The van der Waals surface area contributed by atoms with Gasteiger partial charge in [-0.25, -0.2) is 4.68 Å². The van der Waals surface area contributed by atoms with E-state index in [-0.39, 0.29) is 0 Å². The minimum absolute atomic E-state index is 0.400. The van der Waals surface area contributed by atoms with Gasteiger partial charge in [-0.15, -0.1) is 11.3 Å². The zero-order chi connectivity index (χ0) is 19.9. The Morgan fingerprint density at radius 2 is 1.97 bits per heavy atom. The Morgan fingerprint density at radius 3 is 2.69 bits per heavy atom. The fraction of sp³-hybridized carbons (Fsp3) is 0.364. The minimum Gasteiger partial charge on any atom is -0.354 e. The summed E-state index contributed by atoms with van der Waals surface area (Å²) in [5.74, 6) is 0.818. The molecule has 0 saturated carbocycles. The summed E-state index contributed by atoms with van der Waals surface area (Å²) < 4.78 is 1.90. The van der Waals surface area contributed by atoms with E-state index in [0.717, 1.165) is 23.8 Å². The van der Waals surface area contributed by atoms with E-state index in [0.29, 0.717) is 12.6 Å².